The number of hydrogen-bond acceptors (Lipinski definition) is 3. The van der Waals surface area contributed by atoms with E-state index in [9.17, 15) is 14.7 Å². The van der Waals surface area contributed by atoms with Gasteiger partial charge in [0.25, 0.3) is 0 Å². The lowest BCUT2D eigenvalue weighted by molar-refractivity contribution is -0.139. The van der Waals surface area contributed by atoms with Crippen LogP contribution in [0.25, 0.3) is 0 Å². The van der Waals surface area contributed by atoms with Crippen LogP contribution in [0.15, 0.2) is 30.3 Å². The van der Waals surface area contributed by atoms with Crippen molar-refractivity contribution in [3.8, 4) is 0 Å². The number of nitrogens with one attached hydrogen (secondary N) is 2. The molecule has 1 aromatic carbocycles. The maximum Gasteiger partial charge on any atom is 0.330 e. The van der Waals surface area contributed by atoms with Gasteiger partial charge in [0.15, 0.2) is 6.04 Å². The number of carbonyl (C=O) groups excluding carboxylic acids is 1. The lowest BCUT2D eigenvalue weighted by Gasteiger charge is -2.19. The zero-order valence-electron chi connectivity index (χ0n) is 11.6. The number of ether oxygens (including phenoxy) is 1. The quantitative estimate of drug-likeness (QED) is 0.707. The third kappa shape index (κ3) is 4.89. The van der Waals surface area contributed by atoms with E-state index < -0.39 is 18.0 Å². The van der Waals surface area contributed by atoms with E-state index >= 15 is 0 Å². The van der Waals surface area contributed by atoms with Crippen LogP contribution < -0.4 is 10.6 Å². The molecule has 1 unspecified atom stereocenters. The molecule has 0 aliphatic rings. The highest BCUT2D eigenvalue weighted by Gasteiger charge is 2.22. The van der Waals surface area contributed by atoms with Gasteiger partial charge in [0, 0.05) is 7.11 Å². The Kier molecular flexibility index (Phi) is 6.52. The van der Waals surface area contributed by atoms with Crippen molar-refractivity contribution in [1.82, 2.24) is 10.6 Å². The van der Waals surface area contributed by atoms with Crippen molar-refractivity contribution in [2.75, 3.05) is 13.7 Å². The standard InChI is InChI=1S/C14H20N2O4/c1-3-11(9-20-2)15-14(19)16-12(13(17)18)10-7-5-4-6-8-10/h4-8,11-12H,3,9H2,1-2H3,(H,17,18)(H2,15,16,19)/t11?,12-/m1/s1. The molecular weight excluding hydrogens is 260 g/mol. The number of carboxylic acids is 1. The van der Waals surface area contributed by atoms with E-state index in [1.165, 1.54) is 0 Å². The highest BCUT2D eigenvalue weighted by Crippen LogP contribution is 2.12. The molecule has 2 atom stereocenters. The van der Waals surface area contributed by atoms with Crippen LogP contribution in [0.5, 0.6) is 0 Å². The second kappa shape index (κ2) is 8.16. The number of amides is 2. The van der Waals surface area contributed by atoms with Gasteiger partial charge in [-0.3, -0.25) is 0 Å². The smallest absolute Gasteiger partial charge is 0.330 e. The van der Waals surface area contributed by atoms with Crippen molar-refractivity contribution >= 4 is 12.0 Å². The van der Waals surface area contributed by atoms with Gasteiger partial charge in [-0.25, -0.2) is 9.59 Å². The first-order chi connectivity index (χ1) is 9.58. The molecule has 6 nitrogen and oxygen atoms in total. The van der Waals surface area contributed by atoms with Crippen LogP contribution in [0.1, 0.15) is 24.9 Å². The highest BCUT2D eigenvalue weighted by atomic mass is 16.5. The van der Waals surface area contributed by atoms with Crippen molar-refractivity contribution in [3.05, 3.63) is 35.9 Å². The fourth-order valence-electron chi connectivity index (χ4n) is 1.75. The lowest BCUT2D eigenvalue weighted by Crippen LogP contribution is -2.46. The van der Waals surface area contributed by atoms with Crippen LogP contribution >= 0.6 is 0 Å². The molecule has 6 heteroatoms. The van der Waals surface area contributed by atoms with Gasteiger partial charge in [-0.2, -0.15) is 0 Å². The minimum absolute atomic E-state index is 0.148. The molecule has 0 saturated heterocycles. The molecule has 3 N–H and O–H groups in total. The molecule has 2 amide bonds. The molecule has 0 aromatic heterocycles. The molecule has 0 aliphatic carbocycles. The van der Waals surface area contributed by atoms with Crippen LogP contribution in [0, 0.1) is 0 Å². The van der Waals surface area contributed by atoms with E-state index in [-0.39, 0.29) is 6.04 Å². The van der Waals surface area contributed by atoms with Gasteiger partial charge in [-0.05, 0) is 12.0 Å². The summed E-state index contributed by atoms with van der Waals surface area (Å²) >= 11 is 0. The predicted octanol–water partition coefficient (Wildman–Crippen LogP) is 1.54. The monoisotopic (exact) mass is 280 g/mol. The van der Waals surface area contributed by atoms with E-state index in [0.717, 1.165) is 0 Å². The van der Waals surface area contributed by atoms with Gasteiger partial charge in [0.2, 0.25) is 0 Å². The van der Waals surface area contributed by atoms with Crippen LogP contribution in [-0.2, 0) is 9.53 Å². The first-order valence-electron chi connectivity index (χ1n) is 6.42. The number of methoxy groups -OCH3 is 1. The Labute approximate surface area is 118 Å². The summed E-state index contributed by atoms with van der Waals surface area (Å²) < 4.78 is 4.97. The zero-order chi connectivity index (χ0) is 15.0. The van der Waals surface area contributed by atoms with Crippen molar-refractivity contribution in [1.29, 1.82) is 0 Å². The fraction of sp³-hybridized carbons (Fsp3) is 0.429. The Morgan fingerprint density at radius 2 is 1.90 bits per heavy atom. The first kappa shape index (κ1) is 16.0. The summed E-state index contributed by atoms with van der Waals surface area (Å²) in [5.74, 6) is -1.11. The summed E-state index contributed by atoms with van der Waals surface area (Å²) in [6.07, 6.45) is 0.699. The molecule has 0 radical (unpaired) electrons. The Morgan fingerprint density at radius 1 is 1.25 bits per heavy atom. The van der Waals surface area contributed by atoms with E-state index in [0.29, 0.717) is 18.6 Å². The molecular formula is C14H20N2O4. The number of aliphatic carboxylic acids is 1. The Morgan fingerprint density at radius 3 is 2.40 bits per heavy atom. The molecule has 1 aromatic rings. The molecule has 0 saturated carbocycles. The maximum atomic E-state index is 11.8. The predicted molar refractivity (Wildman–Crippen MR) is 74.4 cm³/mol. The van der Waals surface area contributed by atoms with E-state index in [1.54, 1.807) is 37.4 Å². The number of hydrogen-bond donors (Lipinski definition) is 3. The van der Waals surface area contributed by atoms with Crippen LogP contribution in [-0.4, -0.2) is 36.9 Å². The van der Waals surface area contributed by atoms with E-state index in [2.05, 4.69) is 10.6 Å². The van der Waals surface area contributed by atoms with Crippen molar-refractivity contribution in [2.24, 2.45) is 0 Å². The third-order valence-corrected chi connectivity index (χ3v) is 2.85. The SMILES string of the molecule is CCC(COC)NC(=O)N[C@@H](C(=O)O)c1ccccc1. The topological polar surface area (TPSA) is 87.7 Å². The average molecular weight is 280 g/mol. The normalized spacial score (nSPS) is 13.3. The maximum absolute atomic E-state index is 11.8. The third-order valence-electron chi connectivity index (χ3n) is 2.85. The largest absolute Gasteiger partial charge is 0.479 e. The Hall–Kier alpha value is -2.08. The Bertz CT molecular complexity index is 436. The molecule has 0 fully saturated rings. The summed E-state index contributed by atoms with van der Waals surface area (Å²) in [7, 11) is 1.55. The molecule has 1 rings (SSSR count). The second-order valence-corrected chi connectivity index (χ2v) is 4.36. The summed E-state index contributed by atoms with van der Waals surface area (Å²) in [4.78, 5) is 23.1. The summed E-state index contributed by atoms with van der Waals surface area (Å²) in [6.45, 7) is 2.29. The van der Waals surface area contributed by atoms with Crippen LogP contribution in [0.4, 0.5) is 4.79 Å². The van der Waals surface area contributed by atoms with Gasteiger partial charge >= 0.3 is 12.0 Å². The van der Waals surface area contributed by atoms with Crippen LogP contribution in [0.3, 0.4) is 0 Å². The molecule has 0 heterocycles. The van der Waals surface area contributed by atoms with Gasteiger partial charge in [0.05, 0.1) is 12.6 Å². The van der Waals surface area contributed by atoms with Crippen molar-refractivity contribution in [3.63, 3.8) is 0 Å². The summed E-state index contributed by atoms with van der Waals surface area (Å²) in [5, 5.41) is 14.3. The average Bonchev–Trinajstić information content (AvgIpc) is 2.45. The zero-order valence-corrected chi connectivity index (χ0v) is 11.6. The number of rotatable bonds is 7. The van der Waals surface area contributed by atoms with Gasteiger partial charge in [-0.15, -0.1) is 0 Å². The van der Waals surface area contributed by atoms with Crippen LogP contribution in [0.2, 0.25) is 0 Å². The highest BCUT2D eigenvalue weighted by molar-refractivity contribution is 5.83. The minimum Gasteiger partial charge on any atom is -0.479 e. The molecule has 0 bridgehead atoms. The van der Waals surface area contributed by atoms with Gasteiger partial charge in [-0.1, -0.05) is 37.3 Å². The van der Waals surface area contributed by atoms with Crippen molar-refractivity contribution in [2.45, 2.75) is 25.4 Å². The molecule has 0 spiro atoms. The summed E-state index contributed by atoms with van der Waals surface area (Å²) in [5.41, 5.74) is 0.523. The molecule has 0 aliphatic heterocycles. The number of carbonyl (C=O) groups is 2. The Balaban J connectivity index is 2.67. The minimum atomic E-state index is -1.11. The fourth-order valence-corrected chi connectivity index (χ4v) is 1.75. The summed E-state index contributed by atoms with van der Waals surface area (Å²) in [6, 6.07) is 6.81. The van der Waals surface area contributed by atoms with Crippen molar-refractivity contribution < 1.29 is 19.4 Å². The molecule has 110 valence electrons. The van der Waals surface area contributed by atoms with Gasteiger partial charge < -0.3 is 20.5 Å². The van der Waals surface area contributed by atoms with E-state index in [4.69, 9.17) is 4.74 Å². The first-order valence-corrected chi connectivity index (χ1v) is 6.42. The number of benzene rings is 1. The van der Waals surface area contributed by atoms with Gasteiger partial charge in [0.1, 0.15) is 0 Å². The second-order valence-electron chi connectivity index (χ2n) is 4.36. The van der Waals surface area contributed by atoms with E-state index in [1.807, 2.05) is 6.92 Å². The lowest BCUT2D eigenvalue weighted by atomic mass is 10.1. The molecule has 20 heavy (non-hydrogen) atoms. The number of carboxylic acid groups (broad SMARTS) is 1. The number of urea groups is 1.